The first kappa shape index (κ1) is 21.1. The molecule has 1 fully saturated rings. The molecule has 1 saturated heterocycles. The van der Waals surface area contributed by atoms with Crippen LogP contribution in [0.25, 0.3) is 0 Å². The van der Waals surface area contributed by atoms with Gasteiger partial charge < -0.3 is 9.80 Å². The fourth-order valence-electron chi connectivity index (χ4n) is 4.10. The van der Waals surface area contributed by atoms with Gasteiger partial charge in [-0.15, -0.1) is 0 Å². The highest BCUT2D eigenvalue weighted by Gasteiger charge is 2.32. The molecular formula is C24H30FN3O. The molecule has 3 rings (SSSR count). The van der Waals surface area contributed by atoms with Gasteiger partial charge in [-0.05, 0) is 81.9 Å². The number of nitriles is 1. The number of piperidine rings is 1. The van der Waals surface area contributed by atoms with Crippen LogP contribution in [0, 0.1) is 11.3 Å². The van der Waals surface area contributed by atoms with Crippen molar-refractivity contribution in [2.75, 3.05) is 24.5 Å². The van der Waals surface area contributed by atoms with E-state index in [0.717, 1.165) is 42.6 Å². The molecule has 0 atom stereocenters. The van der Waals surface area contributed by atoms with Gasteiger partial charge in [0.25, 0.3) is 5.91 Å². The fourth-order valence-corrected chi connectivity index (χ4v) is 4.10. The lowest BCUT2D eigenvalue weighted by molar-refractivity contribution is 0.0504. The van der Waals surface area contributed by atoms with E-state index in [2.05, 4.69) is 24.8 Å². The number of hydrogen-bond acceptors (Lipinski definition) is 3. The van der Waals surface area contributed by atoms with Crippen molar-refractivity contribution in [2.45, 2.75) is 58.5 Å². The number of carbonyl (C=O) groups excluding carboxylic acids is 1. The van der Waals surface area contributed by atoms with E-state index >= 15 is 0 Å². The van der Waals surface area contributed by atoms with E-state index in [-0.39, 0.29) is 5.91 Å². The summed E-state index contributed by atoms with van der Waals surface area (Å²) in [6.07, 6.45) is 7.15. The van der Waals surface area contributed by atoms with E-state index in [9.17, 15) is 9.18 Å². The van der Waals surface area contributed by atoms with Crippen molar-refractivity contribution in [3.8, 4) is 6.07 Å². The fraction of sp³-hybridized carbons (Fsp3) is 0.500. The van der Waals surface area contributed by atoms with Crippen LogP contribution in [-0.4, -0.2) is 36.1 Å². The highest BCUT2D eigenvalue weighted by molar-refractivity contribution is 5.95. The molecule has 1 heterocycles. The lowest BCUT2D eigenvalue weighted by Crippen LogP contribution is -2.43. The van der Waals surface area contributed by atoms with Crippen LogP contribution in [0.15, 0.2) is 41.6 Å². The molecule has 0 N–H and O–H groups in total. The van der Waals surface area contributed by atoms with E-state index in [0.29, 0.717) is 31.5 Å². The average molecular weight is 396 g/mol. The summed E-state index contributed by atoms with van der Waals surface area (Å²) in [5.74, 6) is -0.0109. The molecular weight excluding hydrogens is 365 g/mol. The molecule has 1 aromatic rings. The van der Waals surface area contributed by atoms with E-state index in [1.165, 1.54) is 5.70 Å². The molecule has 2 aliphatic rings. The second-order valence-corrected chi connectivity index (χ2v) is 8.11. The summed E-state index contributed by atoms with van der Waals surface area (Å²) in [4.78, 5) is 17.0. The third kappa shape index (κ3) is 4.70. The van der Waals surface area contributed by atoms with Gasteiger partial charge in [0.15, 0.2) is 0 Å². The third-order valence-corrected chi connectivity index (χ3v) is 6.03. The van der Waals surface area contributed by atoms with Gasteiger partial charge in [-0.25, -0.2) is 4.39 Å². The third-order valence-electron chi connectivity index (χ3n) is 6.03. The highest BCUT2D eigenvalue weighted by Crippen LogP contribution is 2.31. The van der Waals surface area contributed by atoms with Gasteiger partial charge in [0.1, 0.15) is 5.67 Å². The smallest absolute Gasteiger partial charge is 0.253 e. The summed E-state index contributed by atoms with van der Waals surface area (Å²) in [5, 5.41) is 9.07. The Morgan fingerprint density at radius 2 is 1.97 bits per heavy atom. The first-order valence-corrected chi connectivity index (χ1v) is 10.6. The molecule has 1 amide bonds. The van der Waals surface area contributed by atoms with Crippen molar-refractivity contribution in [1.82, 2.24) is 4.90 Å². The van der Waals surface area contributed by atoms with Gasteiger partial charge in [-0.1, -0.05) is 6.92 Å². The monoisotopic (exact) mass is 395 g/mol. The average Bonchev–Trinajstić information content (AvgIpc) is 2.74. The molecule has 0 spiro atoms. The van der Waals surface area contributed by atoms with Gasteiger partial charge in [0.2, 0.25) is 0 Å². The van der Waals surface area contributed by atoms with E-state index in [1.54, 1.807) is 11.8 Å². The van der Waals surface area contributed by atoms with Crippen molar-refractivity contribution in [3.05, 3.63) is 52.7 Å². The number of likely N-dealkylation sites (tertiary alicyclic amines) is 1. The van der Waals surface area contributed by atoms with E-state index in [4.69, 9.17) is 5.26 Å². The normalized spacial score (nSPS) is 18.5. The number of rotatable bonds is 5. The Morgan fingerprint density at radius 3 is 2.52 bits per heavy atom. The van der Waals surface area contributed by atoms with E-state index in [1.807, 2.05) is 30.4 Å². The molecule has 0 aromatic heterocycles. The molecule has 29 heavy (non-hydrogen) atoms. The molecule has 0 bridgehead atoms. The SMILES string of the molecule is CCc1cc(C(=O)N2CCC(C)(F)CC2)ccc1N(CC)C1=CC=C(C#N)CC1. The van der Waals surface area contributed by atoms with Crippen LogP contribution < -0.4 is 4.90 Å². The molecule has 1 aromatic carbocycles. The number of aryl methyl sites for hydroxylation is 1. The summed E-state index contributed by atoms with van der Waals surface area (Å²) in [7, 11) is 0. The van der Waals surface area contributed by atoms with Crippen molar-refractivity contribution in [2.24, 2.45) is 0 Å². The number of benzene rings is 1. The minimum Gasteiger partial charge on any atom is -0.345 e. The lowest BCUT2D eigenvalue weighted by atomic mass is 9.95. The summed E-state index contributed by atoms with van der Waals surface area (Å²) < 4.78 is 14.1. The zero-order valence-corrected chi connectivity index (χ0v) is 17.7. The molecule has 4 nitrogen and oxygen atoms in total. The topological polar surface area (TPSA) is 47.3 Å². The lowest BCUT2D eigenvalue weighted by Gasteiger charge is -2.34. The number of alkyl halides is 1. The minimum atomic E-state index is -1.16. The maximum atomic E-state index is 14.1. The summed E-state index contributed by atoms with van der Waals surface area (Å²) in [5.41, 5.74) is 3.76. The van der Waals surface area contributed by atoms with Crippen molar-refractivity contribution in [3.63, 3.8) is 0 Å². The number of carbonyl (C=O) groups is 1. The molecule has 1 aliphatic carbocycles. The quantitative estimate of drug-likeness (QED) is 0.691. The zero-order valence-electron chi connectivity index (χ0n) is 17.7. The maximum absolute atomic E-state index is 14.1. The van der Waals surface area contributed by atoms with Gasteiger partial charge in [0.05, 0.1) is 6.07 Å². The number of amides is 1. The second-order valence-electron chi connectivity index (χ2n) is 8.11. The molecule has 0 radical (unpaired) electrons. The Balaban J connectivity index is 1.83. The van der Waals surface area contributed by atoms with Crippen molar-refractivity contribution < 1.29 is 9.18 Å². The standard InChI is InChI=1S/C24H30FN3O/c1-4-19-16-20(23(29)27-14-12-24(3,25)13-15-27)8-11-22(19)28(5-2)21-9-6-18(17-26)7-10-21/h6,8-9,11,16H,4-5,7,10,12-15H2,1-3H3. The van der Waals surface area contributed by atoms with Gasteiger partial charge >= 0.3 is 0 Å². The number of halogens is 1. The van der Waals surface area contributed by atoms with Gasteiger partial charge in [-0.3, -0.25) is 4.79 Å². The second kappa shape index (κ2) is 8.82. The zero-order chi connectivity index (χ0) is 21.0. The largest absolute Gasteiger partial charge is 0.345 e. The summed E-state index contributed by atoms with van der Waals surface area (Å²) >= 11 is 0. The van der Waals surface area contributed by atoms with E-state index < -0.39 is 5.67 Å². The van der Waals surface area contributed by atoms with Crippen LogP contribution in [0.5, 0.6) is 0 Å². The maximum Gasteiger partial charge on any atom is 0.253 e. The Kier molecular flexibility index (Phi) is 6.42. The van der Waals surface area contributed by atoms with Crippen LogP contribution >= 0.6 is 0 Å². The predicted octanol–water partition coefficient (Wildman–Crippen LogP) is 5.17. The predicted molar refractivity (Wildman–Crippen MR) is 115 cm³/mol. The number of hydrogen-bond donors (Lipinski definition) is 0. The van der Waals surface area contributed by atoms with Crippen LogP contribution in [0.2, 0.25) is 0 Å². The van der Waals surface area contributed by atoms with Crippen LogP contribution in [0.4, 0.5) is 10.1 Å². The number of allylic oxidation sites excluding steroid dienone is 4. The van der Waals surface area contributed by atoms with Crippen LogP contribution in [0.3, 0.4) is 0 Å². The molecule has 0 unspecified atom stereocenters. The number of anilines is 1. The Labute approximate surface area is 173 Å². The first-order valence-electron chi connectivity index (χ1n) is 10.6. The van der Waals surface area contributed by atoms with Crippen LogP contribution in [-0.2, 0) is 6.42 Å². The molecule has 154 valence electrons. The summed E-state index contributed by atoms with van der Waals surface area (Å²) in [6, 6.07) is 8.14. The molecule has 1 aliphatic heterocycles. The number of nitrogens with zero attached hydrogens (tertiary/aromatic N) is 3. The van der Waals surface area contributed by atoms with Gasteiger partial charge in [0, 0.05) is 42.2 Å². The van der Waals surface area contributed by atoms with Crippen LogP contribution in [0.1, 0.15) is 62.4 Å². The Morgan fingerprint density at radius 1 is 1.24 bits per heavy atom. The minimum absolute atomic E-state index is 0.0109. The molecule has 5 heteroatoms. The molecule has 0 saturated carbocycles. The Hall–Kier alpha value is -2.61. The summed E-state index contributed by atoms with van der Waals surface area (Å²) in [6.45, 7) is 7.59. The van der Waals surface area contributed by atoms with Crippen molar-refractivity contribution >= 4 is 11.6 Å². The first-order chi connectivity index (χ1) is 13.9. The van der Waals surface area contributed by atoms with Crippen molar-refractivity contribution in [1.29, 1.82) is 5.26 Å². The van der Waals surface area contributed by atoms with Gasteiger partial charge in [-0.2, -0.15) is 5.26 Å². The Bertz CT molecular complexity index is 869. The highest BCUT2D eigenvalue weighted by atomic mass is 19.1.